The first-order valence-corrected chi connectivity index (χ1v) is 28.9. The normalized spacial score (nSPS) is 15.3. The first-order valence-electron chi connectivity index (χ1n) is 26.4. The first-order chi connectivity index (χ1) is 33.2. The quantitative estimate of drug-likeness (QED) is 0.0109. The largest absolute Gasteiger partial charge is 0.481 e. The van der Waals surface area contributed by atoms with Crippen LogP contribution in [0.4, 0.5) is 0 Å². The summed E-state index contributed by atoms with van der Waals surface area (Å²) in [4.78, 5) is 47.1. The van der Waals surface area contributed by atoms with Gasteiger partial charge >= 0.3 is 25.7 Å². The van der Waals surface area contributed by atoms with Crippen LogP contribution < -0.4 is 5.73 Å². The number of nitrogens with two attached hydrogens (primary N) is 1. The van der Waals surface area contributed by atoms with Gasteiger partial charge in [0.25, 0.3) is 0 Å². The van der Waals surface area contributed by atoms with Crippen LogP contribution in [-0.2, 0) is 37.5 Å². The van der Waals surface area contributed by atoms with Gasteiger partial charge < -0.3 is 40.5 Å². The Kier molecular flexibility index (Phi) is 45.1. The standard InChI is InChI=1S/C53H96NO13PS/c1-4-5-6-7-8-9-10-20-23-26-29-32-37-50(49(57)36-34-38-51(58)59)69-44-48(54)53(61)67-47(43-66-68(62,63)65-41-46(56)40-55)42-64-52(60)39-33-30-27-24-21-18-16-14-12-11-13-15-17-19-22-25-28-31-35-45(2)3/h8-9,20,23,26,29,32,37,45-50,55-57H,4-7,10-19,21-22,24-25,27-28,30-31,33-36,38-44,54H2,1-3H3,(H,58,59)(H,62,63)/b9-8-,23-20-,29-26+,37-32+/t46-,47+,48-,49-,50+/m0/s1. The number of carboxylic acid groups (broad SMARTS) is 1. The zero-order valence-corrected chi connectivity index (χ0v) is 44.6. The fraction of sp³-hybridized carbons (Fsp3) is 0.792. The lowest BCUT2D eigenvalue weighted by Gasteiger charge is -2.23. The molecule has 0 aliphatic heterocycles. The Morgan fingerprint density at radius 2 is 1.23 bits per heavy atom. The molecule has 1 unspecified atom stereocenters. The molecule has 0 radical (unpaired) electrons. The monoisotopic (exact) mass is 1020 g/mol. The van der Waals surface area contributed by atoms with Gasteiger partial charge in [-0.25, -0.2) is 4.57 Å². The summed E-state index contributed by atoms with van der Waals surface area (Å²) in [7, 11) is -4.78. The van der Waals surface area contributed by atoms with Crippen LogP contribution in [0.25, 0.3) is 0 Å². The maximum atomic E-state index is 13.2. The van der Waals surface area contributed by atoms with Crippen molar-refractivity contribution in [2.45, 2.75) is 230 Å². The maximum absolute atomic E-state index is 13.2. The van der Waals surface area contributed by atoms with Crippen LogP contribution in [0.5, 0.6) is 0 Å². The van der Waals surface area contributed by atoms with E-state index in [1.165, 1.54) is 127 Å². The topological polar surface area (TPSA) is 232 Å². The predicted octanol–water partition coefficient (Wildman–Crippen LogP) is 11.6. The summed E-state index contributed by atoms with van der Waals surface area (Å²) in [5.41, 5.74) is 6.21. The minimum absolute atomic E-state index is 0.0227. The summed E-state index contributed by atoms with van der Waals surface area (Å²) in [6, 6.07) is -1.24. The van der Waals surface area contributed by atoms with E-state index in [2.05, 4.69) is 32.9 Å². The van der Waals surface area contributed by atoms with Crippen molar-refractivity contribution in [3.05, 3.63) is 48.6 Å². The minimum Gasteiger partial charge on any atom is -0.481 e. The molecule has 0 fully saturated rings. The second-order valence-corrected chi connectivity index (χ2v) is 21.3. The number of carboxylic acids is 1. The Bertz CT molecular complexity index is 1430. The van der Waals surface area contributed by atoms with E-state index in [0.29, 0.717) is 6.42 Å². The minimum atomic E-state index is -4.78. The lowest BCUT2D eigenvalue weighted by Crippen LogP contribution is -2.40. The van der Waals surface area contributed by atoms with Crippen molar-refractivity contribution in [3.8, 4) is 0 Å². The van der Waals surface area contributed by atoms with Gasteiger partial charge in [-0.05, 0) is 44.4 Å². The van der Waals surface area contributed by atoms with Crippen molar-refractivity contribution in [3.63, 3.8) is 0 Å². The number of thioether (sulfide) groups is 1. The number of carbonyl (C=O) groups is 3. The summed E-state index contributed by atoms with van der Waals surface area (Å²) >= 11 is 1.17. The molecule has 0 aromatic heterocycles. The van der Waals surface area contributed by atoms with Crippen molar-refractivity contribution < 1.29 is 62.8 Å². The van der Waals surface area contributed by atoms with E-state index in [1.54, 1.807) is 18.2 Å². The molecule has 0 saturated heterocycles. The van der Waals surface area contributed by atoms with Gasteiger partial charge in [0.1, 0.15) is 18.8 Å². The number of unbranched alkanes of at least 4 members (excludes halogenated alkanes) is 20. The van der Waals surface area contributed by atoms with E-state index in [9.17, 15) is 34.1 Å². The number of ether oxygens (including phenoxy) is 2. The third-order valence-electron chi connectivity index (χ3n) is 11.4. The molecule has 0 aliphatic carbocycles. The van der Waals surface area contributed by atoms with Gasteiger partial charge in [0.15, 0.2) is 6.10 Å². The third-order valence-corrected chi connectivity index (χ3v) is 13.8. The zero-order valence-electron chi connectivity index (χ0n) is 42.9. The summed E-state index contributed by atoms with van der Waals surface area (Å²) in [6.45, 7) is 4.15. The number of allylic oxidation sites excluding steroid dienone is 7. The number of aliphatic hydroxyl groups excluding tert-OH is 3. The molecule has 0 spiro atoms. The van der Waals surface area contributed by atoms with Gasteiger partial charge in [0, 0.05) is 23.8 Å². The van der Waals surface area contributed by atoms with Crippen molar-refractivity contribution in [1.29, 1.82) is 0 Å². The van der Waals surface area contributed by atoms with Crippen LogP contribution in [0.1, 0.15) is 201 Å². The fourth-order valence-corrected chi connectivity index (χ4v) is 9.11. The van der Waals surface area contributed by atoms with E-state index in [4.69, 9.17) is 34.5 Å². The Balaban J connectivity index is 4.94. The number of aliphatic hydroxyl groups is 3. The van der Waals surface area contributed by atoms with E-state index in [1.807, 2.05) is 18.2 Å². The van der Waals surface area contributed by atoms with Crippen LogP contribution in [0.3, 0.4) is 0 Å². The number of phosphoric ester groups is 1. The molecule has 69 heavy (non-hydrogen) atoms. The number of rotatable bonds is 49. The van der Waals surface area contributed by atoms with Crippen LogP contribution in [-0.4, -0.2) is 105 Å². The van der Waals surface area contributed by atoms with Crippen molar-refractivity contribution in [2.75, 3.05) is 32.2 Å². The highest BCUT2D eigenvalue weighted by Crippen LogP contribution is 2.43. The van der Waals surface area contributed by atoms with Crippen molar-refractivity contribution in [2.24, 2.45) is 11.7 Å². The van der Waals surface area contributed by atoms with Gasteiger partial charge in [0.2, 0.25) is 0 Å². The summed E-state index contributed by atoms with van der Waals surface area (Å²) in [5, 5.41) is 38.0. The molecule has 0 rings (SSSR count). The third kappa shape index (κ3) is 45.3. The lowest BCUT2D eigenvalue weighted by atomic mass is 10.0. The molecule has 0 aromatic carbocycles. The molecule has 14 nitrogen and oxygen atoms in total. The van der Waals surface area contributed by atoms with E-state index in [-0.39, 0.29) is 31.4 Å². The molecule has 0 aliphatic rings. The maximum Gasteiger partial charge on any atom is 0.472 e. The van der Waals surface area contributed by atoms with Gasteiger partial charge in [-0.1, -0.05) is 198 Å². The molecule has 6 atom stereocenters. The zero-order chi connectivity index (χ0) is 51.2. The van der Waals surface area contributed by atoms with Crippen LogP contribution in [0, 0.1) is 5.92 Å². The van der Waals surface area contributed by atoms with Gasteiger partial charge in [-0.15, -0.1) is 11.8 Å². The van der Waals surface area contributed by atoms with Gasteiger partial charge in [-0.2, -0.15) is 0 Å². The Hall–Kier alpha value is -2.33. The number of phosphoric acid groups is 1. The number of hydrogen-bond donors (Lipinski definition) is 6. The second kappa shape index (κ2) is 46.7. The van der Waals surface area contributed by atoms with Crippen molar-refractivity contribution >= 4 is 37.5 Å². The van der Waals surface area contributed by atoms with Crippen LogP contribution >= 0.6 is 19.6 Å². The molecular formula is C53H96NO13PS. The fourth-order valence-electron chi connectivity index (χ4n) is 7.19. The second-order valence-electron chi connectivity index (χ2n) is 18.6. The van der Waals surface area contributed by atoms with E-state index >= 15 is 0 Å². The van der Waals surface area contributed by atoms with Crippen LogP contribution in [0.2, 0.25) is 0 Å². The Morgan fingerprint density at radius 1 is 0.667 bits per heavy atom. The molecule has 7 N–H and O–H groups in total. The number of carbonyl (C=O) groups excluding carboxylic acids is 2. The molecule has 0 amide bonds. The number of hydrogen-bond acceptors (Lipinski definition) is 13. The molecule has 16 heteroatoms. The molecule has 0 bridgehead atoms. The molecule has 0 aromatic rings. The van der Waals surface area contributed by atoms with Gasteiger partial charge in [0.05, 0.1) is 25.9 Å². The highest BCUT2D eigenvalue weighted by Gasteiger charge is 2.29. The SMILES string of the molecule is CCCCC/C=C\C\C=C/C=C/C=C/[C@@H](SC[C@H](N)C(=O)O[C@H](COC(=O)CCCCCCCCCCCCCCCCCCCCC(C)C)COP(=O)(O)OC[C@@H](O)CO)[C@@H](O)CCCC(=O)O. The van der Waals surface area contributed by atoms with Gasteiger partial charge in [-0.3, -0.25) is 23.4 Å². The highest BCUT2D eigenvalue weighted by molar-refractivity contribution is 8.00. The smallest absolute Gasteiger partial charge is 0.472 e. The average Bonchev–Trinajstić information content (AvgIpc) is 3.31. The molecule has 0 heterocycles. The number of aliphatic carboxylic acids is 1. The van der Waals surface area contributed by atoms with E-state index < -0.39 is 81.8 Å². The molecule has 0 saturated carbocycles. The lowest BCUT2D eigenvalue weighted by molar-refractivity contribution is -0.161. The highest BCUT2D eigenvalue weighted by atomic mass is 32.2. The predicted molar refractivity (Wildman–Crippen MR) is 280 cm³/mol. The van der Waals surface area contributed by atoms with Crippen molar-refractivity contribution in [1.82, 2.24) is 0 Å². The summed E-state index contributed by atoms with van der Waals surface area (Å²) in [6.07, 6.45) is 41.2. The molecule has 402 valence electrons. The Labute approximate surface area is 421 Å². The summed E-state index contributed by atoms with van der Waals surface area (Å²) < 4.78 is 33.0. The summed E-state index contributed by atoms with van der Waals surface area (Å²) in [5.74, 6) is -1.63. The van der Waals surface area contributed by atoms with E-state index in [0.717, 1.165) is 38.0 Å². The first kappa shape index (κ1) is 66.7. The van der Waals surface area contributed by atoms with Crippen LogP contribution in [0.15, 0.2) is 48.6 Å². The number of esters is 2. The Morgan fingerprint density at radius 3 is 1.80 bits per heavy atom. The average molecular weight is 1020 g/mol. The molecular weight excluding hydrogens is 922 g/mol.